The molecule has 1 aromatic rings. The first-order valence-corrected chi connectivity index (χ1v) is 10.8. The molecule has 2 atom stereocenters. The normalized spacial score (nSPS) is 27.0. The van der Waals surface area contributed by atoms with Gasteiger partial charge in [-0.15, -0.1) is 0 Å². The van der Waals surface area contributed by atoms with E-state index in [-0.39, 0.29) is 34.6 Å². The van der Waals surface area contributed by atoms with Crippen LogP contribution in [0.1, 0.15) is 19.4 Å². The van der Waals surface area contributed by atoms with Gasteiger partial charge in [-0.1, -0.05) is 43.3 Å². The molecule has 0 bridgehead atoms. The van der Waals surface area contributed by atoms with Crippen LogP contribution in [0.4, 0.5) is 5.69 Å². The average Bonchev–Trinajstić information content (AvgIpc) is 2.92. The first kappa shape index (κ1) is 17.8. The van der Waals surface area contributed by atoms with E-state index in [2.05, 4.69) is 4.99 Å². The van der Waals surface area contributed by atoms with Gasteiger partial charge in [0, 0.05) is 21.9 Å². The number of halogens is 1. The Morgan fingerprint density at radius 3 is 2.75 bits per heavy atom. The average molecular weight is 387 g/mol. The molecule has 5 nitrogen and oxygen atoms in total. The predicted molar refractivity (Wildman–Crippen MR) is 99.8 cm³/mol. The number of hydrogen-bond donors (Lipinski definition) is 0. The zero-order valence-electron chi connectivity index (χ0n) is 13.7. The SMILES string of the molecule is Cc1ccc(Cl)cc1N1C(=NC(=O)C(C)C)S[C@H]2CS(=O)(=O)C[C@@H]21. The van der Waals surface area contributed by atoms with Gasteiger partial charge in [-0.25, -0.2) is 8.42 Å². The number of amides is 1. The lowest BCUT2D eigenvalue weighted by atomic mass is 10.1. The highest BCUT2D eigenvalue weighted by atomic mass is 35.5. The monoisotopic (exact) mass is 386 g/mol. The van der Waals surface area contributed by atoms with Crippen molar-refractivity contribution < 1.29 is 13.2 Å². The number of anilines is 1. The maximum atomic E-state index is 12.1. The molecular weight excluding hydrogens is 368 g/mol. The van der Waals surface area contributed by atoms with Gasteiger partial charge in [-0.05, 0) is 24.6 Å². The number of carbonyl (C=O) groups is 1. The summed E-state index contributed by atoms with van der Waals surface area (Å²) in [4.78, 5) is 18.3. The summed E-state index contributed by atoms with van der Waals surface area (Å²) in [5.74, 6) is -0.214. The standard InChI is InChI=1S/C16H19ClN2O3S2/c1-9(2)15(20)18-16-19(12-6-11(17)5-4-10(12)3)13-7-24(21,22)8-14(13)23-16/h4-6,9,13-14H,7-8H2,1-3H3/t13-,14-/m0/s1. The van der Waals surface area contributed by atoms with Crippen LogP contribution < -0.4 is 4.90 Å². The van der Waals surface area contributed by atoms with Crippen LogP contribution in [0.25, 0.3) is 0 Å². The van der Waals surface area contributed by atoms with Gasteiger partial charge in [0.1, 0.15) is 0 Å². The Balaban J connectivity index is 2.08. The maximum Gasteiger partial charge on any atom is 0.250 e. The highest BCUT2D eigenvalue weighted by molar-refractivity contribution is 8.16. The van der Waals surface area contributed by atoms with Crippen molar-refractivity contribution in [3.05, 3.63) is 28.8 Å². The summed E-state index contributed by atoms with van der Waals surface area (Å²) >= 11 is 7.52. The highest BCUT2D eigenvalue weighted by Crippen LogP contribution is 2.42. The summed E-state index contributed by atoms with van der Waals surface area (Å²) in [6.45, 7) is 5.54. The van der Waals surface area contributed by atoms with E-state index in [0.29, 0.717) is 10.2 Å². The summed E-state index contributed by atoms with van der Waals surface area (Å²) in [6.07, 6.45) is 0. The maximum absolute atomic E-state index is 12.1. The lowest BCUT2D eigenvalue weighted by Gasteiger charge is -2.26. The second-order valence-corrected chi connectivity index (χ2v) is 10.3. The third-order valence-corrected chi connectivity index (χ3v) is 7.64. The molecule has 0 aromatic heterocycles. The second-order valence-electron chi connectivity index (χ2n) is 6.49. The number of nitrogens with zero attached hydrogens (tertiary/aromatic N) is 2. The molecule has 2 saturated heterocycles. The highest BCUT2D eigenvalue weighted by Gasteiger charge is 2.49. The minimum atomic E-state index is -3.07. The van der Waals surface area contributed by atoms with Crippen LogP contribution >= 0.6 is 23.4 Å². The summed E-state index contributed by atoms with van der Waals surface area (Å²) in [5, 5.41) is 1.04. The van der Waals surface area contributed by atoms with Crippen LogP contribution in [0.3, 0.4) is 0 Å². The van der Waals surface area contributed by atoms with E-state index in [4.69, 9.17) is 11.6 Å². The van der Waals surface area contributed by atoms with Crippen molar-refractivity contribution in [1.29, 1.82) is 0 Å². The Bertz CT molecular complexity index is 821. The molecule has 1 amide bonds. The van der Waals surface area contributed by atoms with Crippen molar-refractivity contribution in [3.8, 4) is 0 Å². The molecule has 2 aliphatic heterocycles. The van der Waals surface area contributed by atoms with E-state index in [9.17, 15) is 13.2 Å². The van der Waals surface area contributed by atoms with E-state index in [1.165, 1.54) is 11.8 Å². The van der Waals surface area contributed by atoms with E-state index in [0.717, 1.165) is 11.3 Å². The van der Waals surface area contributed by atoms with Gasteiger partial charge in [-0.3, -0.25) is 4.79 Å². The third kappa shape index (κ3) is 3.34. The first-order chi connectivity index (χ1) is 11.2. The molecule has 24 heavy (non-hydrogen) atoms. The van der Waals surface area contributed by atoms with Crippen LogP contribution in [-0.2, 0) is 14.6 Å². The van der Waals surface area contributed by atoms with Crippen molar-refractivity contribution >= 4 is 50.0 Å². The number of benzene rings is 1. The quantitative estimate of drug-likeness (QED) is 0.781. The number of hydrogen-bond acceptors (Lipinski definition) is 4. The van der Waals surface area contributed by atoms with Crippen molar-refractivity contribution in [1.82, 2.24) is 0 Å². The van der Waals surface area contributed by atoms with E-state index in [1.54, 1.807) is 26.0 Å². The van der Waals surface area contributed by atoms with Gasteiger partial charge in [0.25, 0.3) is 5.91 Å². The van der Waals surface area contributed by atoms with Crippen molar-refractivity contribution in [2.24, 2.45) is 10.9 Å². The molecule has 0 N–H and O–H groups in total. The van der Waals surface area contributed by atoms with Gasteiger partial charge < -0.3 is 4.90 Å². The summed E-state index contributed by atoms with van der Waals surface area (Å²) in [7, 11) is -3.07. The topological polar surface area (TPSA) is 66.8 Å². The summed E-state index contributed by atoms with van der Waals surface area (Å²) in [5.41, 5.74) is 1.78. The molecule has 0 aliphatic carbocycles. The lowest BCUT2D eigenvalue weighted by molar-refractivity contribution is -0.120. The van der Waals surface area contributed by atoms with Gasteiger partial charge in [-0.2, -0.15) is 4.99 Å². The fraction of sp³-hybridized carbons (Fsp3) is 0.500. The smallest absolute Gasteiger partial charge is 0.250 e. The molecule has 0 unspecified atom stereocenters. The number of carbonyl (C=O) groups excluding carboxylic acids is 1. The van der Waals surface area contributed by atoms with Crippen molar-refractivity contribution in [2.75, 3.05) is 16.4 Å². The van der Waals surface area contributed by atoms with Gasteiger partial charge in [0.2, 0.25) is 0 Å². The fourth-order valence-corrected chi connectivity index (χ4v) is 6.99. The Hall–Kier alpha value is -1.05. The minimum Gasteiger partial charge on any atom is -0.315 e. The van der Waals surface area contributed by atoms with Gasteiger partial charge >= 0.3 is 0 Å². The van der Waals surface area contributed by atoms with Crippen molar-refractivity contribution in [2.45, 2.75) is 32.1 Å². The number of thioether (sulfide) groups is 1. The Morgan fingerprint density at radius 1 is 1.38 bits per heavy atom. The number of rotatable bonds is 2. The molecule has 2 aliphatic rings. The third-order valence-electron chi connectivity index (χ3n) is 4.20. The van der Waals surface area contributed by atoms with Crippen LogP contribution in [0, 0.1) is 12.8 Å². The fourth-order valence-electron chi connectivity index (χ4n) is 2.91. The molecule has 0 spiro atoms. The first-order valence-electron chi connectivity index (χ1n) is 7.73. The molecule has 3 rings (SSSR count). The molecule has 0 radical (unpaired) electrons. The number of fused-ring (bicyclic) bond motifs is 1. The number of aryl methyl sites for hydroxylation is 1. The minimum absolute atomic E-state index is 0.0749. The van der Waals surface area contributed by atoms with Gasteiger partial charge in [0.05, 0.1) is 17.5 Å². The second kappa shape index (κ2) is 6.35. The van der Waals surface area contributed by atoms with Gasteiger partial charge in [0.15, 0.2) is 15.0 Å². The van der Waals surface area contributed by atoms with Crippen LogP contribution in [0.15, 0.2) is 23.2 Å². The summed E-state index contributed by atoms with van der Waals surface area (Å²) < 4.78 is 24.1. The Kier molecular flexibility index (Phi) is 4.70. The number of amidine groups is 1. The van der Waals surface area contributed by atoms with E-state index in [1.807, 2.05) is 17.9 Å². The molecule has 1 aromatic carbocycles. The Labute approximate surface area is 151 Å². The largest absolute Gasteiger partial charge is 0.315 e. The molecule has 8 heteroatoms. The predicted octanol–water partition coefficient (Wildman–Crippen LogP) is 2.91. The summed E-state index contributed by atoms with van der Waals surface area (Å²) in [6, 6.07) is 5.28. The number of sulfone groups is 1. The molecule has 130 valence electrons. The molecule has 2 heterocycles. The molecule has 0 saturated carbocycles. The van der Waals surface area contributed by atoms with E-state index >= 15 is 0 Å². The molecule has 2 fully saturated rings. The Morgan fingerprint density at radius 2 is 2.08 bits per heavy atom. The number of aliphatic imine (C=N–C) groups is 1. The zero-order chi connectivity index (χ0) is 17.6. The van der Waals surface area contributed by atoms with Crippen LogP contribution in [-0.4, -0.2) is 42.3 Å². The molecular formula is C16H19ClN2O3S2. The van der Waals surface area contributed by atoms with E-state index < -0.39 is 9.84 Å². The van der Waals surface area contributed by atoms with Crippen LogP contribution in [0.5, 0.6) is 0 Å². The van der Waals surface area contributed by atoms with Crippen LogP contribution in [0.2, 0.25) is 5.02 Å². The lowest BCUT2D eigenvalue weighted by Crippen LogP contribution is -2.38. The van der Waals surface area contributed by atoms with Crippen molar-refractivity contribution in [3.63, 3.8) is 0 Å². The zero-order valence-corrected chi connectivity index (χ0v) is 16.1.